The molecule has 3 fully saturated rings. The molecule has 3 rings (SSSR count). The lowest BCUT2D eigenvalue weighted by Gasteiger charge is -2.42. The first-order chi connectivity index (χ1) is 12.6. The first-order valence-electron chi connectivity index (χ1n) is 9.25. The number of rotatable bonds is 4. The van der Waals surface area contributed by atoms with Gasteiger partial charge in [-0.3, -0.25) is 4.79 Å². The summed E-state index contributed by atoms with van der Waals surface area (Å²) in [5.74, 6) is -2.18. The van der Waals surface area contributed by atoms with Crippen molar-refractivity contribution >= 4 is 18.0 Å². The molecule has 0 spiro atoms. The first-order valence-corrected chi connectivity index (χ1v) is 9.25. The molecule has 0 unspecified atom stereocenters. The molecule has 0 aromatic carbocycles. The fraction of sp³-hybridized carbons (Fsp3) is 0.833. The lowest BCUT2D eigenvalue weighted by atomic mass is 9.71. The van der Waals surface area contributed by atoms with Crippen molar-refractivity contribution in [3.05, 3.63) is 0 Å². The van der Waals surface area contributed by atoms with E-state index in [-0.39, 0.29) is 18.6 Å². The highest BCUT2D eigenvalue weighted by atomic mass is 16.7. The van der Waals surface area contributed by atoms with Crippen molar-refractivity contribution in [3.63, 3.8) is 0 Å². The van der Waals surface area contributed by atoms with Crippen LogP contribution in [0.1, 0.15) is 41.0 Å². The van der Waals surface area contributed by atoms with Gasteiger partial charge in [-0.2, -0.15) is 0 Å². The Morgan fingerprint density at radius 3 is 2.56 bits per heavy atom. The van der Waals surface area contributed by atoms with E-state index >= 15 is 0 Å². The molecule has 9 nitrogen and oxygen atoms in total. The van der Waals surface area contributed by atoms with Crippen LogP contribution in [-0.2, 0) is 33.3 Å². The van der Waals surface area contributed by atoms with Gasteiger partial charge in [0.05, 0.1) is 19.3 Å². The number of hydrogen-bond donors (Lipinski definition) is 1. The summed E-state index contributed by atoms with van der Waals surface area (Å²) >= 11 is 0. The van der Waals surface area contributed by atoms with Crippen molar-refractivity contribution in [2.24, 2.45) is 11.3 Å². The van der Waals surface area contributed by atoms with Crippen LogP contribution in [0.25, 0.3) is 0 Å². The number of hydrogen-bond acceptors (Lipinski definition) is 8. The third kappa shape index (κ3) is 3.50. The maximum atomic E-state index is 12.8. The van der Waals surface area contributed by atoms with Crippen LogP contribution in [0.2, 0.25) is 0 Å². The lowest BCUT2D eigenvalue weighted by molar-refractivity contribution is -0.193. The van der Waals surface area contributed by atoms with Gasteiger partial charge in [0.2, 0.25) is 0 Å². The van der Waals surface area contributed by atoms with E-state index in [0.29, 0.717) is 13.0 Å². The highest BCUT2D eigenvalue weighted by Gasteiger charge is 2.66. The van der Waals surface area contributed by atoms with E-state index in [1.165, 1.54) is 0 Å². The smallest absolute Gasteiger partial charge is 0.407 e. The third-order valence-corrected chi connectivity index (χ3v) is 5.53. The topological polar surface area (TPSA) is 109 Å². The van der Waals surface area contributed by atoms with Crippen LogP contribution < -0.4 is 5.32 Å². The molecule has 3 aliphatic heterocycles. The van der Waals surface area contributed by atoms with Gasteiger partial charge in [0.15, 0.2) is 5.79 Å². The van der Waals surface area contributed by atoms with Crippen LogP contribution in [0.15, 0.2) is 0 Å². The summed E-state index contributed by atoms with van der Waals surface area (Å²) in [5.41, 5.74) is -1.31. The largest absolute Gasteiger partial charge is 0.461 e. The van der Waals surface area contributed by atoms with Gasteiger partial charge in [-0.1, -0.05) is 6.92 Å². The monoisotopic (exact) mass is 385 g/mol. The molecule has 0 saturated carbocycles. The number of carbonyl (C=O) groups excluding carboxylic acids is 3. The number of ether oxygens (including phenoxy) is 5. The van der Waals surface area contributed by atoms with Crippen LogP contribution in [0.5, 0.6) is 0 Å². The van der Waals surface area contributed by atoms with Crippen LogP contribution in [0, 0.1) is 11.3 Å². The predicted molar refractivity (Wildman–Crippen MR) is 90.5 cm³/mol. The molecule has 0 aliphatic carbocycles. The SMILES string of the molecule is CCOC(=O)N[C@H]1C(=O)O[C@H]2[C@H](C)[C@@H](C[C@H]3COC(C)(C)O3)OC(=O)[C@@]12C. The van der Waals surface area contributed by atoms with E-state index in [2.05, 4.69) is 5.32 Å². The Morgan fingerprint density at radius 2 is 1.96 bits per heavy atom. The molecule has 6 atom stereocenters. The van der Waals surface area contributed by atoms with Crippen molar-refractivity contribution in [3.8, 4) is 0 Å². The van der Waals surface area contributed by atoms with Crippen molar-refractivity contribution < 1.29 is 38.1 Å². The van der Waals surface area contributed by atoms with Gasteiger partial charge in [0.25, 0.3) is 0 Å². The second-order valence-corrected chi connectivity index (χ2v) is 7.93. The quantitative estimate of drug-likeness (QED) is 0.567. The van der Waals surface area contributed by atoms with Gasteiger partial charge >= 0.3 is 18.0 Å². The summed E-state index contributed by atoms with van der Waals surface area (Å²) in [6.45, 7) is 9.29. The molecule has 27 heavy (non-hydrogen) atoms. The Balaban J connectivity index is 1.74. The molecule has 0 aromatic rings. The Labute approximate surface area is 158 Å². The van der Waals surface area contributed by atoms with Gasteiger partial charge < -0.3 is 29.0 Å². The van der Waals surface area contributed by atoms with Crippen molar-refractivity contribution in [2.45, 2.75) is 71.2 Å². The minimum Gasteiger partial charge on any atom is -0.461 e. The number of carbonyl (C=O) groups is 3. The molecule has 1 N–H and O–H groups in total. The summed E-state index contributed by atoms with van der Waals surface area (Å²) in [7, 11) is 0. The fourth-order valence-electron chi connectivity index (χ4n) is 4.08. The highest BCUT2D eigenvalue weighted by Crippen LogP contribution is 2.47. The van der Waals surface area contributed by atoms with E-state index in [1.807, 2.05) is 20.8 Å². The molecule has 9 heteroatoms. The number of cyclic esters (lactones) is 1. The second kappa shape index (κ2) is 6.94. The summed E-state index contributed by atoms with van der Waals surface area (Å²) in [6.07, 6.45) is -1.74. The molecule has 1 amide bonds. The zero-order chi connectivity index (χ0) is 20.0. The molecule has 0 radical (unpaired) electrons. The molecular formula is C18H27NO8. The third-order valence-electron chi connectivity index (χ3n) is 5.53. The second-order valence-electron chi connectivity index (χ2n) is 7.93. The van der Waals surface area contributed by atoms with Gasteiger partial charge in [-0.05, 0) is 27.7 Å². The Kier molecular flexibility index (Phi) is 5.11. The maximum Gasteiger partial charge on any atom is 0.407 e. The van der Waals surface area contributed by atoms with Crippen LogP contribution >= 0.6 is 0 Å². The fourth-order valence-corrected chi connectivity index (χ4v) is 4.08. The Hall–Kier alpha value is -1.87. The van der Waals surface area contributed by atoms with E-state index in [4.69, 9.17) is 23.7 Å². The summed E-state index contributed by atoms with van der Waals surface area (Å²) < 4.78 is 27.3. The molecule has 152 valence electrons. The van der Waals surface area contributed by atoms with E-state index < -0.39 is 47.5 Å². The summed E-state index contributed by atoms with van der Waals surface area (Å²) in [5, 5.41) is 2.44. The summed E-state index contributed by atoms with van der Waals surface area (Å²) in [6, 6.07) is -1.15. The number of esters is 2. The minimum atomic E-state index is -1.31. The number of fused-ring (bicyclic) bond motifs is 1. The first kappa shape index (κ1) is 19.9. The molecule has 0 aromatic heterocycles. The minimum absolute atomic E-state index is 0.149. The van der Waals surface area contributed by atoms with Gasteiger partial charge in [-0.25, -0.2) is 9.59 Å². The average molecular weight is 385 g/mol. The number of amides is 1. The molecule has 3 saturated heterocycles. The van der Waals surface area contributed by atoms with E-state index in [1.54, 1.807) is 13.8 Å². The highest BCUT2D eigenvalue weighted by molar-refractivity contribution is 5.94. The molecule has 3 heterocycles. The van der Waals surface area contributed by atoms with E-state index in [0.717, 1.165) is 0 Å². The standard InChI is InChI=1S/C18H27NO8/c1-6-23-16(22)19-12-14(20)26-13-9(2)11(25-15(21)18(12,13)5)7-10-8-24-17(3,4)27-10/h9-13H,6-8H2,1-5H3,(H,19,22)/t9-,10+,11-,12+,13+,18+/m1/s1. The summed E-state index contributed by atoms with van der Waals surface area (Å²) in [4.78, 5) is 37.0. The molecular weight excluding hydrogens is 358 g/mol. The maximum absolute atomic E-state index is 12.8. The number of nitrogens with one attached hydrogen (secondary N) is 1. The number of alkyl carbamates (subject to hydrolysis) is 1. The zero-order valence-corrected chi connectivity index (χ0v) is 16.3. The Morgan fingerprint density at radius 1 is 1.26 bits per heavy atom. The van der Waals surface area contributed by atoms with Gasteiger partial charge in [0, 0.05) is 12.3 Å². The van der Waals surface area contributed by atoms with Crippen molar-refractivity contribution in [1.29, 1.82) is 0 Å². The van der Waals surface area contributed by atoms with Gasteiger partial charge in [-0.15, -0.1) is 0 Å². The van der Waals surface area contributed by atoms with Crippen molar-refractivity contribution in [2.75, 3.05) is 13.2 Å². The average Bonchev–Trinajstić information content (AvgIpc) is 3.05. The predicted octanol–water partition coefficient (Wildman–Crippen LogP) is 1.14. The lowest BCUT2D eigenvalue weighted by Crippen LogP contribution is -2.60. The van der Waals surface area contributed by atoms with Crippen molar-refractivity contribution in [1.82, 2.24) is 5.32 Å². The van der Waals surface area contributed by atoms with E-state index in [9.17, 15) is 14.4 Å². The molecule has 3 aliphatic rings. The molecule has 0 bridgehead atoms. The van der Waals surface area contributed by atoms with Crippen LogP contribution in [0.4, 0.5) is 4.79 Å². The van der Waals surface area contributed by atoms with Gasteiger partial charge in [0.1, 0.15) is 23.7 Å². The van der Waals surface area contributed by atoms with Crippen LogP contribution in [-0.4, -0.2) is 61.4 Å². The zero-order valence-electron chi connectivity index (χ0n) is 16.3. The van der Waals surface area contributed by atoms with Crippen LogP contribution in [0.3, 0.4) is 0 Å². The normalized spacial score (nSPS) is 40.1. The Bertz CT molecular complexity index is 635.